The highest BCUT2D eigenvalue weighted by molar-refractivity contribution is 8.14. The van der Waals surface area contributed by atoms with E-state index in [9.17, 15) is 0 Å². The number of ether oxygens (including phenoxy) is 2. The maximum atomic E-state index is 6.03. The Morgan fingerprint density at radius 1 is 1.04 bits per heavy atom. The Balaban J connectivity index is 1.97. The molecule has 0 unspecified atom stereocenters. The summed E-state index contributed by atoms with van der Waals surface area (Å²) in [6.07, 6.45) is 0. The Hall–Kier alpha value is -2.80. The molecule has 0 amide bonds. The minimum absolute atomic E-state index is 0.360. The zero-order valence-electron chi connectivity index (χ0n) is 15.8. The summed E-state index contributed by atoms with van der Waals surface area (Å²) in [4.78, 5) is 8.63. The van der Waals surface area contributed by atoms with Gasteiger partial charge in [-0.2, -0.15) is 0 Å². The van der Waals surface area contributed by atoms with Gasteiger partial charge in [0.15, 0.2) is 0 Å². The first-order valence-corrected chi connectivity index (χ1v) is 9.48. The van der Waals surface area contributed by atoms with Crippen LogP contribution in [0.3, 0.4) is 0 Å². The van der Waals surface area contributed by atoms with Gasteiger partial charge in [0.05, 0.1) is 19.4 Å². The summed E-state index contributed by atoms with van der Waals surface area (Å²) >= 11 is 1.39. The van der Waals surface area contributed by atoms with Gasteiger partial charge in [-0.15, -0.1) is 0 Å². The number of aliphatic imine (C=N–C) groups is 2. The van der Waals surface area contributed by atoms with E-state index in [4.69, 9.17) is 20.6 Å². The van der Waals surface area contributed by atoms with Crippen LogP contribution in [0.4, 0.5) is 0 Å². The van der Waals surface area contributed by atoms with Crippen molar-refractivity contribution < 1.29 is 14.9 Å². The first-order chi connectivity index (χ1) is 13.1. The quantitative estimate of drug-likeness (QED) is 0.561. The standard InChI is InChI=1S/C20H24N4O2S/c1-4-26-17-11-5-14(6-12-17)18(23-2)13-27-20(22)24-19(21)15-7-9-16(25-3)10-8-15/h5-12H,4,13H2,1-3H3,(H3,21,22,24)/p+1. The fourth-order valence-corrected chi connectivity index (χ4v) is 3.05. The van der Waals surface area contributed by atoms with Gasteiger partial charge in [-0.1, -0.05) is 0 Å². The molecule has 2 rings (SSSR count). The molecular weight excluding hydrogens is 360 g/mol. The van der Waals surface area contributed by atoms with Gasteiger partial charge in [0.25, 0.3) is 0 Å². The summed E-state index contributed by atoms with van der Waals surface area (Å²) in [5, 5.41) is 6.41. The minimum atomic E-state index is 0.360. The van der Waals surface area contributed by atoms with E-state index in [1.807, 2.05) is 55.5 Å². The van der Waals surface area contributed by atoms with E-state index in [-0.39, 0.29) is 0 Å². The van der Waals surface area contributed by atoms with Crippen LogP contribution in [0.5, 0.6) is 11.5 Å². The Kier molecular flexibility index (Phi) is 7.88. The summed E-state index contributed by atoms with van der Waals surface area (Å²) in [6.45, 7) is 2.60. The highest BCUT2D eigenvalue weighted by atomic mass is 32.2. The van der Waals surface area contributed by atoms with E-state index in [0.29, 0.717) is 23.4 Å². The maximum absolute atomic E-state index is 6.03. The molecule has 0 aliphatic heterocycles. The van der Waals surface area contributed by atoms with E-state index in [2.05, 4.69) is 9.98 Å². The zero-order valence-corrected chi connectivity index (χ0v) is 16.6. The normalized spacial score (nSPS) is 12.0. The van der Waals surface area contributed by atoms with Gasteiger partial charge < -0.3 is 15.2 Å². The number of nitrogens with zero attached hydrogens (tertiary/aromatic N) is 2. The van der Waals surface area contributed by atoms with Crippen LogP contribution in [0.2, 0.25) is 0 Å². The molecule has 0 fully saturated rings. The SMILES string of the molecule is CCOc1ccc(C(CSC(=[NH2+])/N=C(\N)c2ccc(OC)cc2)=NC)cc1. The van der Waals surface area contributed by atoms with Crippen LogP contribution < -0.4 is 20.6 Å². The first kappa shape index (κ1) is 20.5. The summed E-state index contributed by atoms with van der Waals surface area (Å²) in [6, 6.07) is 15.2. The number of rotatable bonds is 7. The smallest absolute Gasteiger partial charge is 0.353 e. The van der Waals surface area contributed by atoms with Crippen molar-refractivity contribution in [3.05, 3.63) is 59.7 Å². The number of methoxy groups -OCH3 is 1. The molecule has 0 spiro atoms. The average molecular weight is 386 g/mol. The number of amidine groups is 2. The molecule has 27 heavy (non-hydrogen) atoms. The zero-order chi connectivity index (χ0) is 19.6. The van der Waals surface area contributed by atoms with E-state index < -0.39 is 0 Å². The Morgan fingerprint density at radius 2 is 1.63 bits per heavy atom. The topological polar surface area (TPSA) is 94.8 Å². The number of hydrogen-bond donors (Lipinski definition) is 2. The van der Waals surface area contributed by atoms with Crippen LogP contribution in [0.15, 0.2) is 58.5 Å². The van der Waals surface area contributed by atoms with E-state index >= 15 is 0 Å². The predicted molar refractivity (Wildman–Crippen MR) is 113 cm³/mol. The number of thioether (sulfide) groups is 1. The van der Waals surface area contributed by atoms with Gasteiger partial charge in [-0.3, -0.25) is 10.4 Å². The lowest BCUT2D eigenvalue weighted by molar-refractivity contribution is -0.109. The highest BCUT2D eigenvalue weighted by Gasteiger charge is 2.13. The molecule has 2 aromatic rings. The second kappa shape index (κ2) is 10.4. The third-order valence-electron chi connectivity index (χ3n) is 3.74. The third-order valence-corrected chi connectivity index (χ3v) is 4.55. The summed E-state index contributed by atoms with van der Waals surface area (Å²) in [5.41, 5.74) is 8.76. The lowest BCUT2D eigenvalue weighted by atomic mass is 10.1. The highest BCUT2D eigenvalue weighted by Crippen LogP contribution is 2.16. The van der Waals surface area contributed by atoms with Crippen LogP contribution in [-0.4, -0.2) is 43.2 Å². The van der Waals surface area contributed by atoms with Crippen LogP contribution >= 0.6 is 11.8 Å². The summed E-state index contributed by atoms with van der Waals surface area (Å²) < 4.78 is 10.6. The van der Waals surface area contributed by atoms with Crippen LogP contribution in [0, 0.1) is 0 Å². The molecule has 0 aliphatic rings. The van der Waals surface area contributed by atoms with Crippen molar-refractivity contribution >= 4 is 28.5 Å². The van der Waals surface area contributed by atoms with Crippen LogP contribution in [0.1, 0.15) is 18.1 Å². The molecule has 4 N–H and O–H groups in total. The summed E-state index contributed by atoms with van der Waals surface area (Å²) in [5.74, 6) is 2.55. The molecule has 0 saturated carbocycles. The van der Waals surface area contributed by atoms with Crippen LogP contribution in [0.25, 0.3) is 0 Å². The molecule has 6 nitrogen and oxygen atoms in total. The van der Waals surface area contributed by atoms with Crippen molar-refractivity contribution in [1.29, 1.82) is 0 Å². The predicted octanol–water partition coefficient (Wildman–Crippen LogP) is 1.77. The molecule has 0 saturated heterocycles. The fraction of sp³-hybridized carbons (Fsp3) is 0.250. The van der Waals surface area contributed by atoms with Gasteiger partial charge >= 0.3 is 5.17 Å². The van der Waals surface area contributed by atoms with Gasteiger partial charge in [0.1, 0.15) is 11.5 Å². The molecule has 2 aromatic carbocycles. The molecular formula is C20H25N4O2S+. The average Bonchev–Trinajstić information content (AvgIpc) is 2.70. The molecule has 142 valence electrons. The van der Waals surface area contributed by atoms with Crippen molar-refractivity contribution in [2.45, 2.75) is 6.92 Å². The maximum Gasteiger partial charge on any atom is 0.353 e. The molecule has 0 bridgehead atoms. The monoisotopic (exact) mass is 385 g/mol. The van der Waals surface area contributed by atoms with Gasteiger partial charge in [-0.25, -0.2) is 0 Å². The number of hydrogen-bond acceptors (Lipinski definition) is 4. The minimum Gasteiger partial charge on any atom is -0.497 e. The van der Waals surface area contributed by atoms with E-state index in [0.717, 1.165) is 28.3 Å². The van der Waals surface area contributed by atoms with Crippen LogP contribution in [-0.2, 0) is 0 Å². The van der Waals surface area contributed by atoms with Crippen molar-refractivity contribution in [2.24, 2.45) is 15.7 Å². The van der Waals surface area contributed by atoms with Gasteiger partial charge in [-0.05, 0) is 77.8 Å². The molecule has 0 heterocycles. The second-order valence-corrected chi connectivity index (χ2v) is 6.48. The first-order valence-electron chi connectivity index (χ1n) is 8.50. The molecule has 0 radical (unpaired) electrons. The molecule has 0 aliphatic carbocycles. The Bertz CT molecular complexity index is 815. The lowest BCUT2D eigenvalue weighted by Crippen LogP contribution is -2.38. The molecule has 7 heteroatoms. The Labute approximate surface area is 164 Å². The van der Waals surface area contributed by atoms with Crippen molar-refractivity contribution in [3.63, 3.8) is 0 Å². The largest absolute Gasteiger partial charge is 0.497 e. The van der Waals surface area contributed by atoms with Crippen molar-refractivity contribution in [1.82, 2.24) is 0 Å². The van der Waals surface area contributed by atoms with E-state index in [1.165, 1.54) is 11.8 Å². The Morgan fingerprint density at radius 3 is 2.19 bits per heavy atom. The summed E-state index contributed by atoms with van der Waals surface area (Å²) in [7, 11) is 3.38. The lowest BCUT2D eigenvalue weighted by Gasteiger charge is -2.06. The molecule has 0 aromatic heterocycles. The second-order valence-electron chi connectivity index (χ2n) is 5.48. The van der Waals surface area contributed by atoms with Crippen molar-refractivity contribution in [2.75, 3.05) is 26.5 Å². The third kappa shape index (κ3) is 6.14. The van der Waals surface area contributed by atoms with Gasteiger partial charge in [0, 0.05) is 18.4 Å². The molecule has 0 atom stereocenters. The van der Waals surface area contributed by atoms with Gasteiger partial charge in [0.2, 0.25) is 5.84 Å². The fourth-order valence-electron chi connectivity index (χ4n) is 2.31. The van der Waals surface area contributed by atoms with E-state index in [1.54, 1.807) is 14.2 Å². The number of nitrogens with two attached hydrogens (primary N) is 2. The van der Waals surface area contributed by atoms with Crippen molar-refractivity contribution in [3.8, 4) is 11.5 Å². The number of benzene rings is 2.